The Morgan fingerprint density at radius 2 is 2.00 bits per heavy atom. The van der Waals surface area contributed by atoms with Gasteiger partial charge in [-0.05, 0) is 66.1 Å². The molecule has 1 rings (SSSR count). The molecule has 1 unspecified atom stereocenters. The molecule has 0 bridgehead atoms. The summed E-state index contributed by atoms with van der Waals surface area (Å²) in [5.74, 6) is 0. The number of likely N-dealkylation sites (N-methyl/N-ethyl adjacent to an activating group) is 1. The summed E-state index contributed by atoms with van der Waals surface area (Å²) in [5.41, 5.74) is 0.259. The molecule has 1 heterocycles. The third-order valence-electron chi connectivity index (χ3n) is 3.74. The molecule has 3 heteroatoms. The van der Waals surface area contributed by atoms with E-state index in [9.17, 15) is 0 Å². The Morgan fingerprint density at radius 1 is 1.21 bits per heavy atom. The summed E-state index contributed by atoms with van der Waals surface area (Å²) in [5, 5.41) is 3.55. The van der Waals surface area contributed by atoms with Crippen LogP contribution in [0, 0.1) is 0 Å². The van der Waals surface area contributed by atoms with E-state index in [2.05, 4.69) is 37.9 Å². The van der Waals surface area contributed by atoms with E-state index in [1.165, 1.54) is 38.6 Å². The lowest BCUT2D eigenvalue weighted by Gasteiger charge is -2.24. The van der Waals surface area contributed by atoms with Gasteiger partial charge in [-0.1, -0.05) is 13.3 Å². The topological polar surface area (TPSA) is 24.5 Å². The van der Waals surface area contributed by atoms with Gasteiger partial charge in [0.1, 0.15) is 0 Å². The molecule has 0 radical (unpaired) electrons. The summed E-state index contributed by atoms with van der Waals surface area (Å²) in [6.07, 6.45) is 6.93. The van der Waals surface area contributed by atoms with Crippen molar-refractivity contribution in [2.75, 3.05) is 32.8 Å². The van der Waals surface area contributed by atoms with Crippen LogP contribution in [0.5, 0.6) is 0 Å². The molecule has 0 saturated carbocycles. The van der Waals surface area contributed by atoms with Gasteiger partial charge in [0.15, 0.2) is 0 Å². The maximum absolute atomic E-state index is 5.72. The van der Waals surface area contributed by atoms with Gasteiger partial charge < -0.3 is 15.0 Å². The number of hydrogen-bond acceptors (Lipinski definition) is 3. The van der Waals surface area contributed by atoms with Gasteiger partial charge in [-0.25, -0.2) is 0 Å². The normalized spacial score (nSPS) is 20.4. The SMILES string of the molecule is CCN(CCCCCNC(C)(C)C)CC1CCCO1. The number of nitrogens with one attached hydrogen (secondary N) is 1. The van der Waals surface area contributed by atoms with Crippen molar-refractivity contribution < 1.29 is 4.74 Å². The van der Waals surface area contributed by atoms with Gasteiger partial charge in [0.25, 0.3) is 0 Å². The lowest BCUT2D eigenvalue weighted by molar-refractivity contribution is 0.0742. The second kappa shape index (κ2) is 8.93. The van der Waals surface area contributed by atoms with Crippen LogP contribution in [0.4, 0.5) is 0 Å². The average Bonchev–Trinajstić information content (AvgIpc) is 2.83. The number of hydrogen-bond donors (Lipinski definition) is 1. The van der Waals surface area contributed by atoms with Crippen molar-refractivity contribution in [3.63, 3.8) is 0 Å². The molecule has 1 atom stereocenters. The van der Waals surface area contributed by atoms with E-state index < -0.39 is 0 Å². The zero-order chi connectivity index (χ0) is 14.1. The standard InChI is InChI=1S/C16H34N2O/c1-5-18(14-15-10-9-13-19-15)12-8-6-7-11-17-16(2,3)4/h15,17H,5-14H2,1-4H3. The van der Waals surface area contributed by atoms with Crippen molar-refractivity contribution in [1.29, 1.82) is 0 Å². The molecular weight excluding hydrogens is 236 g/mol. The van der Waals surface area contributed by atoms with Gasteiger partial charge in [-0.15, -0.1) is 0 Å². The first-order valence-corrected chi connectivity index (χ1v) is 8.10. The molecule has 0 amide bonds. The molecule has 0 aromatic heterocycles. The summed E-state index contributed by atoms with van der Waals surface area (Å²) in [4.78, 5) is 2.55. The number of rotatable bonds is 9. The van der Waals surface area contributed by atoms with Gasteiger partial charge in [-0.2, -0.15) is 0 Å². The zero-order valence-electron chi connectivity index (χ0n) is 13.5. The van der Waals surface area contributed by atoms with Crippen molar-refractivity contribution in [1.82, 2.24) is 10.2 Å². The summed E-state index contributed by atoms with van der Waals surface area (Å²) in [6.45, 7) is 14.6. The quantitative estimate of drug-likeness (QED) is 0.652. The number of ether oxygens (including phenoxy) is 1. The largest absolute Gasteiger partial charge is 0.377 e. The van der Waals surface area contributed by atoms with E-state index in [0.29, 0.717) is 6.10 Å². The zero-order valence-corrected chi connectivity index (χ0v) is 13.5. The van der Waals surface area contributed by atoms with Gasteiger partial charge in [-0.3, -0.25) is 0 Å². The Kier molecular flexibility index (Phi) is 7.96. The van der Waals surface area contributed by atoms with Crippen LogP contribution in [-0.4, -0.2) is 49.3 Å². The molecule has 1 aliphatic rings. The monoisotopic (exact) mass is 270 g/mol. The fourth-order valence-electron chi connectivity index (χ4n) is 2.56. The third kappa shape index (κ3) is 8.61. The van der Waals surface area contributed by atoms with E-state index in [1.54, 1.807) is 0 Å². The summed E-state index contributed by atoms with van der Waals surface area (Å²) in [6, 6.07) is 0. The third-order valence-corrected chi connectivity index (χ3v) is 3.74. The average molecular weight is 270 g/mol. The predicted molar refractivity (Wildman–Crippen MR) is 82.7 cm³/mol. The second-order valence-corrected chi connectivity index (χ2v) is 6.77. The van der Waals surface area contributed by atoms with Crippen LogP contribution < -0.4 is 5.32 Å². The summed E-state index contributed by atoms with van der Waals surface area (Å²) >= 11 is 0. The predicted octanol–water partition coefficient (Wildman–Crippen LogP) is 3.05. The Labute approximate surface area is 120 Å². The van der Waals surface area contributed by atoms with E-state index in [-0.39, 0.29) is 5.54 Å². The lowest BCUT2D eigenvalue weighted by atomic mass is 10.1. The maximum atomic E-state index is 5.72. The van der Waals surface area contributed by atoms with Gasteiger partial charge in [0.05, 0.1) is 6.10 Å². The molecule has 0 aromatic carbocycles. The van der Waals surface area contributed by atoms with Crippen LogP contribution in [-0.2, 0) is 4.74 Å². The molecule has 0 aliphatic carbocycles. The minimum absolute atomic E-state index is 0.259. The highest BCUT2D eigenvalue weighted by Gasteiger charge is 2.18. The van der Waals surface area contributed by atoms with Gasteiger partial charge in [0.2, 0.25) is 0 Å². The van der Waals surface area contributed by atoms with Gasteiger partial charge in [0, 0.05) is 18.7 Å². The highest BCUT2D eigenvalue weighted by atomic mass is 16.5. The van der Waals surface area contributed by atoms with Crippen molar-refractivity contribution in [2.45, 2.75) is 71.4 Å². The van der Waals surface area contributed by atoms with E-state index >= 15 is 0 Å². The van der Waals surface area contributed by atoms with E-state index in [0.717, 1.165) is 26.2 Å². The van der Waals surface area contributed by atoms with Crippen molar-refractivity contribution in [3.8, 4) is 0 Å². The lowest BCUT2D eigenvalue weighted by Crippen LogP contribution is -2.36. The first-order valence-electron chi connectivity index (χ1n) is 8.10. The van der Waals surface area contributed by atoms with Crippen molar-refractivity contribution in [3.05, 3.63) is 0 Å². The minimum atomic E-state index is 0.259. The van der Waals surface area contributed by atoms with Crippen LogP contribution in [0.1, 0.15) is 59.8 Å². The van der Waals surface area contributed by atoms with Crippen molar-refractivity contribution >= 4 is 0 Å². The minimum Gasteiger partial charge on any atom is -0.377 e. The molecular formula is C16H34N2O. The van der Waals surface area contributed by atoms with E-state index in [1.807, 2.05) is 0 Å². The smallest absolute Gasteiger partial charge is 0.0702 e. The summed E-state index contributed by atoms with van der Waals surface area (Å²) < 4.78 is 5.72. The molecule has 1 saturated heterocycles. The Hall–Kier alpha value is -0.120. The first-order chi connectivity index (χ1) is 9.01. The van der Waals surface area contributed by atoms with Gasteiger partial charge >= 0.3 is 0 Å². The van der Waals surface area contributed by atoms with Crippen LogP contribution >= 0.6 is 0 Å². The fourth-order valence-corrected chi connectivity index (χ4v) is 2.56. The molecule has 1 fully saturated rings. The highest BCUT2D eigenvalue weighted by molar-refractivity contribution is 4.71. The number of nitrogens with zero attached hydrogens (tertiary/aromatic N) is 1. The van der Waals surface area contributed by atoms with Crippen LogP contribution in [0.15, 0.2) is 0 Å². The van der Waals surface area contributed by atoms with Crippen molar-refractivity contribution in [2.24, 2.45) is 0 Å². The number of unbranched alkanes of at least 4 members (excludes halogenated alkanes) is 2. The van der Waals surface area contributed by atoms with Crippen LogP contribution in [0.3, 0.4) is 0 Å². The molecule has 1 aliphatic heterocycles. The van der Waals surface area contributed by atoms with Crippen LogP contribution in [0.25, 0.3) is 0 Å². The molecule has 3 nitrogen and oxygen atoms in total. The van der Waals surface area contributed by atoms with E-state index in [4.69, 9.17) is 4.74 Å². The maximum Gasteiger partial charge on any atom is 0.0702 e. The molecule has 0 aromatic rings. The molecule has 0 spiro atoms. The van der Waals surface area contributed by atoms with Crippen LogP contribution in [0.2, 0.25) is 0 Å². The molecule has 1 N–H and O–H groups in total. The highest BCUT2D eigenvalue weighted by Crippen LogP contribution is 2.13. The Morgan fingerprint density at radius 3 is 2.58 bits per heavy atom. The molecule has 114 valence electrons. The Bertz CT molecular complexity index is 219. The Balaban J connectivity index is 1.99. The molecule has 19 heavy (non-hydrogen) atoms. The first kappa shape index (κ1) is 16.9. The fraction of sp³-hybridized carbons (Fsp3) is 1.00. The second-order valence-electron chi connectivity index (χ2n) is 6.77. The summed E-state index contributed by atoms with van der Waals surface area (Å²) in [7, 11) is 0.